The summed E-state index contributed by atoms with van der Waals surface area (Å²) in [5.74, 6) is 1.24. The normalized spacial score (nSPS) is 28.5. The Morgan fingerprint density at radius 2 is 1.60 bits per heavy atom. The first-order chi connectivity index (χ1) is 9.58. The average Bonchev–Trinajstić information content (AvgIpc) is 2.41. The van der Waals surface area contributed by atoms with E-state index < -0.39 is 5.60 Å². The minimum absolute atomic E-state index is 0.391. The molecule has 0 aromatic heterocycles. The van der Waals surface area contributed by atoms with Crippen molar-refractivity contribution >= 4 is 0 Å². The molecule has 0 amide bonds. The van der Waals surface area contributed by atoms with Gasteiger partial charge in [-0.1, -0.05) is 84.5 Å². The highest BCUT2D eigenvalue weighted by Gasteiger charge is 2.37. The zero-order valence-electron chi connectivity index (χ0n) is 14.3. The summed E-state index contributed by atoms with van der Waals surface area (Å²) in [5.41, 5.74) is -0.391. The molecule has 0 heterocycles. The van der Waals surface area contributed by atoms with E-state index in [1.54, 1.807) is 0 Å². The molecule has 3 unspecified atom stereocenters. The second-order valence-corrected chi connectivity index (χ2v) is 7.45. The molecule has 0 aliphatic heterocycles. The molecule has 1 nitrogen and oxygen atoms in total. The molecular formula is C19H38O. The molecule has 1 saturated carbocycles. The van der Waals surface area contributed by atoms with Crippen LogP contribution in [0.25, 0.3) is 0 Å². The number of hydrogen-bond acceptors (Lipinski definition) is 1. The van der Waals surface area contributed by atoms with Crippen LogP contribution in [0.4, 0.5) is 0 Å². The van der Waals surface area contributed by atoms with Gasteiger partial charge in [0.25, 0.3) is 0 Å². The van der Waals surface area contributed by atoms with Gasteiger partial charge in [-0.3, -0.25) is 0 Å². The lowest BCUT2D eigenvalue weighted by atomic mass is 9.69. The Morgan fingerprint density at radius 3 is 2.20 bits per heavy atom. The Hall–Kier alpha value is -0.0400. The van der Waals surface area contributed by atoms with Gasteiger partial charge < -0.3 is 5.11 Å². The first-order valence-corrected chi connectivity index (χ1v) is 9.30. The van der Waals surface area contributed by atoms with Crippen LogP contribution in [0.15, 0.2) is 0 Å². The lowest BCUT2D eigenvalue weighted by molar-refractivity contribution is -0.0547. The van der Waals surface area contributed by atoms with Crippen molar-refractivity contribution in [3.8, 4) is 0 Å². The predicted molar refractivity (Wildman–Crippen MR) is 89.0 cm³/mol. The largest absolute Gasteiger partial charge is 0.390 e. The number of rotatable bonds is 10. The molecular weight excluding hydrogens is 244 g/mol. The van der Waals surface area contributed by atoms with E-state index in [1.165, 1.54) is 77.0 Å². The second kappa shape index (κ2) is 9.82. The van der Waals surface area contributed by atoms with Crippen LogP contribution in [0.2, 0.25) is 0 Å². The van der Waals surface area contributed by atoms with Crippen LogP contribution in [0.3, 0.4) is 0 Å². The summed E-state index contributed by atoms with van der Waals surface area (Å²) in [4.78, 5) is 0. The van der Waals surface area contributed by atoms with Gasteiger partial charge in [0.05, 0.1) is 5.60 Å². The third-order valence-electron chi connectivity index (χ3n) is 5.45. The predicted octanol–water partition coefficient (Wildman–Crippen LogP) is 6.09. The van der Waals surface area contributed by atoms with E-state index in [4.69, 9.17) is 0 Å². The zero-order chi connectivity index (χ0) is 14.8. The highest BCUT2D eigenvalue weighted by Crippen LogP contribution is 2.39. The number of hydrogen-bond donors (Lipinski definition) is 1. The van der Waals surface area contributed by atoms with Crippen molar-refractivity contribution in [2.75, 3.05) is 0 Å². The summed E-state index contributed by atoms with van der Waals surface area (Å²) >= 11 is 0. The lowest BCUT2D eigenvalue weighted by Gasteiger charge is -2.40. The molecule has 1 fully saturated rings. The fraction of sp³-hybridized carbons (Fsp3) is 1.00. The maximum atomic E-state index is 10.5. The molecule has 0 aromatic rings. The third kappa shape index (κ3) is 6.61. The first-order valence-electron chi connectivity index (χ1n) is 9.30. The Morgan fingerprint density at radius 1 is 1.00 bits per heavy atom. The van der Waals surface area contributed by atoms with Crippen molar-refractivity contribution in [3.63, 3.8) is 0 Å². The summed E-state index contributed by atoms with van der Waals surface area (Å²) in [7, 11) is 0. The quantitative estimate of drug-likeness (QED) is 0.480. The lowest BCUT2D eigenvalue weighted by Crippen LogP contribution is -2.41. The van der Waals surface area contributed by atoms with E-state index in [-0.39, 0.29) is 0 Å². The van der Waals surface area contributed by atoms with Crippen molar-refractivity contribution < 1.29 is 5.11 Å². The summed E-state index contributed by atoms with van der Waals surface area (Å²) in [6, 6.07) is 0. The molecule has 0 aromatic carbocycles. The van der Waals surface area contributed by atoms with Gasteiger partial charge in [-0.15, -0.1) is 0 Å². The van der Waals surface area contributed by atoms with Gasteiger partial charge >= 0.3 is 0 Å². The Bertz CT molecular complexity index is 234. The van der Waals surface area contributed by atoms with Crippen molar-refractivity contribution in [3.05, 3.63) is 0 Å². The van der Waals surface area contributed by atoms with Crippen LogP contribution < -0.4 is 0 Å². The van der Waals surface area contributed by atoms with Crippen molar-refractivity contribution in [2.45, 2.75) is 110 Å². The summed E-state index contributed by atoms with van der Waals surface area (Å²) in [5, 5.41) is 10.5. The highest BCUT2D eigenvalue weighted by molar-refractivity contribution is 4.88. The van der Waals surface area contributed by atoms with Crippen LogP contribution in [0, 0.1) is 11.8 Å². The van der Waals surface area contributed by atoms with Gasteiger partial charge in [-0.25, -0.2) is 0 Å². The molecule has 0 bridgehead atoms. The van der Waals surface area contributed by atoms with Crippen LogP contribution in [-0.4, -0.2) is 10.7 Å². The van der Waals surface area contributed by atoms with Gasteiger partial charge in [0.15, 0.2) is 0 Å². The fourth-order valence-corrected chi connectivity index (χ4v) is 4.04. The molecule has 1 heteroatoms. The standard InChI is InChI=1S/C19H38O/c1-4-5-6-7-8-9-10-11-14-17(2)18-15-12-13-16-19(18,3)20/h17-18,20H,4-16H2,1-3H3. The van der Waals surface area contributed by atoms with Gasteiger partial charge in [0.2, 0.25) is 0 Å². The Labute approximate surface area is 127 Å². The molecule has 3 atom stereocenters. The molecule has 0 radical (unpaired) electrons. The molecule has 0 spiro atoms. The van der Waals surface area contributed by atoms with Gasteiger partial charge in [0, 0.05) is 0 Å². The van der Waals surface area contributed by atoms with E-state index >= 15 is 0 Å². The number of unbranched alkanes of at least 4 members (excludes halogenated alkanes) is 7. The topological polar surface area (TPSA) is 20.2 Å². The van der Waals surface area contributed by atoms with Gasteiger partial charge in [-0.2, -0.15) is 0 Å². The minimum Gasteiger partial charge on any atom is -0.390 e. The van der Waals surface area contributed by atoms with Crippen LogP contribution in [0.5, 0.6) is 0 Å². The maximum Gasteiger partial charge on any atom is 0.0650 e. The maximum absolute atomic E-state index is 10.5. The molecule has 0 saturated heterocycles. The van der Waals surface area contributed by atoms with E-state index in [0.717, 1.165) is 6.42 Å². The molecule has 20 heavy (non-hydrogen) atoms. The van der Waals surface area contributed by atoms with E-state index in [0.29, 0.717) is 11.8 Å². The van der Waals surface area contributed by atoms with Crippen LogP contribution in [-0.2, 0) is 0 Å². The summed E-state index contributed by atoms with van der Waals surface area (Å²) in [6.07, 6.45) is 17.3. The Balaban J connectivity index is 2.06. The van der Waals surface area contributed by atoms with Crippen molar-refractivity contribution in [1.29, 1.82) is 0 Å². The summed E-state index contributed by atoms with van der Waals surface area (Å²) in [6.45, 7) is 6.72. The van der Waals surface area contributed by atoms with E-state index in [1.807, 2.05) is 0 Å². The zero-order valence-corrected chi connectivity index (χ0v) is 14.3. The van der Waals surface area contributed by atoms with Crippen molar-refractivity contribution in [1.82, 2.24) is 0 Å². The van der Waals surface area contributed by atoms with E-state index in [9.17, 15) is 5.11 Å². The van der Waals surface area contributed by atoms with Crippen LogP contribution >= 0.6 is 0 Å². The second-order valence-electron chi connectivity index (χ2n) is 7.45. The third-order valence-corrected chi connectivity index (χ3v) is 5.45. The smallest absolute Gasteiger partial charge is 0.0650 e. The average molecular weight is 283 g/mol. The van der Waals surface area contributed by atoms with Gasteiger partial charge in [0.1, 0.15) is 0 Å². The Kier molecular flexibility index (Phi) is 8.84. The SMILES string of the molecule is CCCCCCCCCCC(C)C1CCCCC1(C)O. The first kappa shape index (κ1) is 18.0. The highest BCUT2D eigenvalue weighted by atomic mass is 16.3. The molecule has 1 aliphatic rings. The van der Waals surface area contributed by atoms with E-state index in [2.05, 4.69) is 20.8 Å². The molecule has 120 valence electrons. The van der Waals surface area contributed by atoms with Crippen LogP contribution in [0.1, 0.15) is 104 Å². The molecule has 1 N–H and O–H groups in total. The number of aliphatic hydroxyl groups is 1. The fourth-order valence-electron chi connectivity index (χ4n) is 4.04. The molecule has 1 aliphatic carbocycles. The molecule has 1 rings (SSSR count). The van der Waals surface area contributed by atoms with Crippen molar-refractivity contribution in [2.24, 2.45) is 11.8 Å². The van der Waals surface area contributed by atoms with Gasteiger partial charge in [-0.05, 0) is 31.6 Å². The minimum atomic E-state index is -0.391. The summed E-state index contributed by atoms with van der Waals surface area (Å²) < 4.78 is 0. The monoisotopic (exact) mass is 282 g/mol.